The molecule has 0 saturated carbocycles. The highest BCUT2D eigenvalue weighted by molar-refractivity contribution is 5.75. The number of anilines is 1. The maximum Gasteiger partial charge on any atom is 0.325 e. The summed E-state index contributed by atoms with van der Waals surface area (Å²) >= 11 is 0. The van der Waals surface area contributed by atoms with E-state index in [1.165, 1.54) is 19.2 Å². The molecule has 0 atom stereocenters. The molecule has 0 aliphatic rings. The van der Waals surface area contributed by atoms with Crippen LogP contribution in [0.5, 0.6) is 0 Å². The summed E-state index contributed by atoms with van der Waals surface area (Å²) in [7, 11) is 1.30. The van der Waals surface area contributed by atoms with Crippen molar-refractivity contribution >= 4 is 11.7 Å². The average Bonchev–Trinajstić information content (AvgIpc) is 2.35. The zero-order valence-electron chi connectivity index (χ0n) is 8.65. The van der Waals surface area contributed by atoms with Gasteiger partial charge in [0.2, 0.25) is 0 Å². The SMILES string of the molecule is COC(=O)CNc1ccc(C#N)c(C#N)c1. The minimum absolute atomic E-state index is 0.0211. The summed E-state index contributed by atoms with van der Waals surface area (Å²) in [6.07, 6.45) is 0. The summed E-state index contributed by atoms with van der Waals surface area (Å²) in [5.41, 5.74) is 1.18. The Bertz CT molecular complexity index is 483. The van der Waals surface area contributed by atoms with Crippen molar-refractivity contribution in [3.05, 3.63) is 29.3 Å². The number of nitrogens with one attached hydrogen (secondary N) is 1. The Morgan fingerprint density at radius 1 is 1.38 bits per heavy atom. The molecule has 16 heavy (non-hydrogen) atoms. The van der Waals surface area contributed by atoms with E-state index in [9.17, 15) is 4.79 Å². The molecule has 0 aliphatic heterocycles. The number of carbonyl (C=O) groups excluding carboxylic acids is 1. The zero-order chi connectivity index (χ0) is 12.0. The van der Waals surface area contributed by atoms with Crippen LogP contribution in [0.2, 0.25) is 0 Å². The van der Waals surface area contributed by atoms with Gasteiger partial charge in [0.25, 0.3) is 0 Å². The van der Waals surface area contributed by atoms with E-state index in [2.05, 4.69) is 10.1 Å². The van der Waals surface area contributed by atoms with Gasteiger partial charge in [-0.2, -0.15) is 10.5 Å². The predicted octanol–water partition coefficient (Wildman–Crippen LogP) is 1.01. The smallest absolute Gasteiger partial charge is 0.325 e. The fourth-order valence-corrected chi connectivity index (χ4v) is 1.09. The third-order valence-electron chi connectivity index (χ3n) is 1.92. The lowest BCUT2D eigenvalue weighted by Crippen LogP contribution is -2.14. The van der Waals surface area contributed by atoms with Crippen LogP contribution in [-0.2, 0) is 9.53 Å². The van der Waals surface area contributed by atoms with E-state index in [0.717, 1.165) is 0 Å². The zero-order valence-corrected chi connectivity index (χ0v) is 8.65. The van der Waals surface area contributed by atoms with Gasteiger partial charge >= 0.3 is 5.97 Å². The van der Waals surface area contributed by atoms with Crippen molar-refractivity contribution in [2.75, 3.05) is 19.0 Å². The predicted molar refractivity (Wildman–Crippen MR) is 56.4 cm³/mol. The molecule has 0 aromatic heterocycles. The molecule has 0 radical (unpaired) electrons. The summed E-state index contributed by atoms with van der Waals surface area (Å²) in [5, 5.41) is 20.3. The lowest BCUT2D eigenvalue weighted by Gasteiger charge is -2.05. The summed E-state index contributed by atoms with van der Waals surface area (Å²) in [4.78, 5) is 10.9. The van der Waals surface area contributed by atoms with E-state index in [1.54, 1.807) is 6.07 Å². The van der Waals surface area contributed by atoms with Crippen LogP contribution in [0.25, 0.3) is 0 Å². The number of rotatable bonds is 3. The van der Waals surface area contributed by atoms with Crippen LogP contribution in [0, 0.1) is 22.7 Å². The molecule has 1 aromatic rings. The summed E-state index contributed by atoms with van der Waals surface area (Å²) in [6, 6.07) is 8.49. The number of carbonyl (C=O) groups is 1. The number of hydrogen-bond donors (Lipinski definition) is 1. The second kappa shape index (κ2) is 5.38. The van der Waals surface area contributed by atoms with Crippen LogP contribution in [0.4, 0.5) is 5.69 Å². The van der Waals surface area contributed by atoms with Gasteiger partial charge in [0.05, 0.1) is 18.2 Å². The fraction of sp³-hybridized carbons (Fsp3) is 0.182. The number of nitriles is 2. The number of nitrogens with zero attached hydrogens (tertiary/aromatic N) is 2. The van der Waals surface area contributed by atoms with Crippen LogP contribution in [0.1, 0.15) is 11.1 Å². The van der Waals surface area contributed by atoms with Crippen molar-refractivity contribution in [3.63, 3.8) is 0 Å². The topological polar surface area (TPSA) is 85.9 Å². The van der Waals surface area contributed by atoms with Crippen LogP contribution < -0.4 is 5.32 Å². The molecule has 0 aliphatic carbocycles. The largest absolute Gasteiger partial charge is 0.468 e. The molecule has 5 nitrogen and oxygen atoms in total. The first-order valence-corrected chi connectivity index (χ1v) is 4.46. The summed E-state index contributed by atoms with van der Waals surface area (Å²) in [6.45, 7) is 0.0211. The second-order valence-electron chi connectivity index (χ2n) is 2.91. The Kier molecular flexibility index (Phi) is 3.88. The molecule has 0 fully saturated rings. The van der Waals surface area contributed by atoms with E-state index < -0.39 is 5.97 Å². The molecule has 0 bridgehead atoms. The van der Waals surface area contributed by atoms with E-state index in [4.69, 9.17) is 10.5 Å². The van der Waals surface area contributed by atoms with Gasteiger partial charge in [-0.25, -0.2) is 0 Å². The molecule has 5 heteroatoms. The van der Waals surface area contributed by atoms with Crippen molar-refractivity contribution in [1.82, 2.24) is 0 Å². The van der Waals surface area contributed by atoms with Crippen LogP contribution in [0.3, 0.4) is 0 Å². The summed E-state index contributed by atoms with van der Waals surface area (Å²) < 4.78 is 4.45. The maximum absolute atomic E-state index is 10.9. The minimum Gasteiger partial charge on any atom is -0.468 e. The molecule has 0 unspecified atom stereocenters. The molecule has 1 rings (SSSR count). The van der Waals surface area contributed by atoms with Crippen LogP contribution in [0.15, 0.2) is 18.2 Å². The Hall–Kier alpha value is -2.53. The lowest BCUT2D eigenvalue weighted by atomic mass is 10.1. The highest BCUT2D eigenvalue weighted by atomic mass is 16.5. The van der Waals surface area contributed by atoms with Crippen molar-refractivity contribution in [3.8, 4) is 12.1 Å². The third kappa shape index (κ3) is 2.73. The highest BCUT2D eigenvalue weighted by Crippen LogP contribution is 2.14. The molecule has 1 aromatic carbocycles. The Morgan fingerprint density at radius 2 is 2.06 bits per heavy atom. The minimum atomic E-state index is -0.400. The van der Waals surface area contributed by atoms with Crippen molar-refractivity contribution < 1.29 is 9.53 Å². The van der Waals surface area contributed by atoms with Gasteiger partial charge in [-0.15, -0.1) is 0 Å². The number of ether oxygens (including phenoxy) is 1. The Balaban J connectivity index is 2.81. The van der Waals surface area contributed by atoms with Crippen molar-refractivity contribution in [1.29, 1.82) is 10.5 Å². The second-order valence-corrected chi connectivity index (χ2v) is 2.91. The number of methoxy groups -OCH3 is 1. The van der Waals surface area contributed by atoms with Crippen LogP contribution >= 0.6 is 0 Å². The molecular weight excluding hydrogens is 206 g/mol. The standard InChI is InChI=1S/C11H9N3O2/c1-16-11(15)7-14-10-3-2-8(5-12)9(4-10)6-13/h2-4,14H,7H2,1H3. The quantitative estimate of drug-likeness (QED) is 0.760. The first kappa shape index (κ1) is 11.5. The number of benzene rings is 1. The normalized spacial score (nSPS) is 8.69. The highest BCUT2D eigenvalue weighted by Gasteiger charge is 2.04. The van der Waals surface area contributed by atoms with E-state index >= 15 is 0 Å². The molecule has 0 spiro atoms. The molecule has 1 N–H and O–H groups in total. The molecule has 0 heterocycles. The van der Waals surface area contributed by atoms with Crippen molar-refractivity contribution in [2.45, 2.75) is 0 Å². The van der Waals surface area contributed by atoms with Gasteiger partial charge in [0, 0.05) is 5.69 Å². The molecule has 0 saturated heterocycles. The number of esters is 1. The summed E-state index contributed by atoms with van der Waals surface area (Å²) in [5.74, 6) is -0.400. The van der Waals surface area contributed by atoms with E-state index in [-0.39, 0.29) is 12.1 Å². The van der Waals surface area contributed by atoms with Gasteiger partial charge in [-0.05, 0) is 18.2 Å². The van der Waals surface area contributed by atoms with Gasteiger partial charge in [0.1, 0.15) is 18.7 Å². The first-order chi connectivity index (χ1) is 7.71. The molecule has 80 valence electrons. The van der Waals surface area contributed by atoms with Crippen LogP contribution in [-0.4, -0.2) is 19.6 Å². The first-order valence-electron chi connectivity index (χ1n) is 4.46. The monoisotopic (exact) mass is 215 g/mol. The van der Waals surface area contributed by atoms with Gasteiger partial charge < -0.3 is 10.1 Å². The van der Waals surface area contributed by atoms with Gasteiger partial charge in [0.15, 0.2) is 0 Å². The van der Waals surface area contributed by atoms with Gasteiger partial charge in [-0.1, -0.05) is 0 Å². The Morgan fingerprint density at radius 3 is 2.62 bits per heavy atom. The third-order valence-corrected chi connectivity index (χ3v) is 1.92. The number of hydrogen-bond acceptors (Lipinski definition) is 5. The Labute approximate surface area is 92.9 Å². The fourth-order valence-electron chi connectivity index (χ4n) is 1.09. The average molecular weight is 215 g/mol. The van der Waals surface area contributed by atoms with Crippen molar-refractivity contribution in [2.24, 2.45) is 0 Å². The maximum atomic E-state index is 10.9. The lowest BCUT2D eigenvalue weighted by molar-refractivity contribution is -0.138. The molecular formula is C11H9N3O2. The van der Waals surface area contributed by atoms with Gasteiger partial charge in [-0.3, -0.25) is 4.79 Å². The molecule has 0 amide bonds. The van der Waals surface area contributed by atoms with E-state index in [0.29, 0.717) is 11.3 Å². The van der Waals surface area contributed by atoms with E-state index in [1.807, 2.05) is 12.1 Å².